The molecular formula is C23H33NO6. The molecule has 1 N–H and O–H groups in total. The fraction of sp³-hybridized carbons (Fsp3) is 0.565. The van der Waals surface area contributed by atoms with Crippen LogP contribution in [0.3, 0.4) is 0 Å². The molecule has 0 saturated heterocycles. The molecule has 0 fully saturated rings. The van der Waals surface area contributed by atoms with E-state index in [2.05, 4.69) is 18.4 Å². The second-order valence-corrected chi connectivity index (χ2v) is 7.65. The molecule has 2 aromatic rings. The quantitative estimate of drug-likeness (QED) is 0.410. The Bertz CT molecular complexity index is 884. The zero-order chi connectivity index (χ0) is 22.3. The number of aliphatic carboxylic acids is 1. The second kappa shape index (κ2) is 11.0. The average molecular weight is 420 g/mol. The van der Waals surface area contributed by atoms with E-state index in [4.69, 9.17) is 19.3 Å². The van der Waals surface area contributed by atoms with Crippen molar-refractivity contribution in [1.82, 2.24) is 4.57 Å². The van der Waals surface area contributed by atoms with Gasteiger partial charge in [0.25, 0.3) is 0 Å². The number of aromatic nitrogens is 1. The van der Waals surface area contributed by atoms with Gasteiger partial charge in [-0.3, -0.25) is 0 Å². The van der Waals surface area contributed by atoms with Gasteiger partial charge in [-0.25, -0.2) is 9.59 Å². The summed E-state index contributed by atoms with van der Waals surface area (Å²) in [6.45, 7) is 11.8. The highest BCUT2D eigenvalue weighted by atomic mass is 16.5. The van der Waals surface area contributed by atoms with E-state index in [1.165, 1.54) is 0 Å². The number of nitrogens with zero attached hydrogens (tertiary/aromatic N) is 1. The molecule has 0 saturated carbocycles. The number of carbonyl (C=O) groups is 2. The minimum Gasteiger partial charge on any atom is -0.482 e. The summed E-state index contributed by atoms with van der Waals surface area (Å²) in [5.74, 6) is -0.558. The number of hydrogen-bond acceptors (Lipinski definition) is 5. The minimum absolute atomic E-state index is 0.285. The van der Waals surface area contributed by atoms with Gasteiger partial charge in [-0.1, -0.05) is 13.8 Å². The lowest BCUT2D eigenvalue weighted by Crippen LogP contribution is -2.11. The van der Waals surface area contributed by atoms with E-state index in [9.17, 15) is 9.59 Å². The van der Waals surface area contributed by atoms with Gasteiger partial charge in [0.2, 0.25) is 0 Å². The van der Waals surface area contributed by atoms with Gasteiger partial charge < -0.3 is 23.9 Å². The van der Waals surface area contributed by atoms with E-state index in [1.807, 2.05) is 19.9 Å². The Hall–Kier alpha value is -2.54. The molecule has 7 nitrogen and oxygen atoms in total. The molecule has 1 aromatic carbocycles. The molecule has 0 aliphatic rings. The van der Waals surface area contributed by atoms with Crippen LogP contribution in [0.2, 0.25) is 0 Å². The topological polar surface area (TPSA) is 87.0 Å². The molecular weight excluding hydrogens is 386 g/mol. The molecule has 166 valence electrons. The number of rotatable bonds is 12. The summed E-state index contributed by atoms with van der Waals surface area (Å²) in [7, 11) is 0. The predicted molar refractivity (Wildman–Crippen MR) is 115 cm³/mol. The molecule has 2 rings (SSSR count). The number of aryl methyl sites for hydroxylation is 1. The fourth-order valence-electron chi connectivity index (χ4n) is 3.59. The maximum atomic E-state index is 12.7. The zero-order valence-corrected chi connectivity index (χ0v) is 18.6. The van der Waals surface area contributed by atoms with Gasteiger partial charge in [-0.15, -0.1) is 0 Å². The highest BCUT2D eigenvalue weighted by Gasteiger charge is 2.23. The number of esters is 1. The summed E-state index contributed by atoms with van der Waals surface area (Å²) in [6, 6.07) is 3.79. The van der Waals surface area contributed by atoms with Gasteiger partial charge >= 0.3 is 11.9 Å². The Labute approximate surface area is 177 Å². The van der Waals surface area contributed by atoms with Crippen LogP contribution < -0.4 is 4.74 Å². The smallest absolute Gasteiger partial charge is 0.341 e. The first kappa shape index (κ1) is 23.7. The van der Waals surface area contributed by atoms with Gasteiger partial charge in [-0.05, 0) is 57.2 Å². The summed E-state index contributed by atoms with van der Waals surface area (Å²) in [6.07, 6.45) is 1.48. The molecule has 0 unspecified atom stereocenters. The molecule has 0 spiro atoms. The number of fused-ring (bicyclic) bond motifs is 1. The highest BCUT2D eigenvalue weighted by Crippen LogP contribution is 2.34. The van der Waals surface area contributed by atoms with Crippen LogP contribution in [0.5, 0.6) is 5.75 Å². The SMILES string of the molecule is CCOCCCc1cc2c(cc1OCC(=O)O)c(C(=O)OCC)c(C)n2CC(C)C. The first-order valence-corrected chi connectivity index (χ1v) is 10.5. The number of carboxylic acid groups (broad SMARTS) is 1. The summed E-state index contributed by atoms with van der Waals surface area (Å²) in [5.41, 5.74) is 3.18. The van der Waals surface area contributed by atoms with Gasteiger partial charge in [0.15, 0.2) is 6.61 Å². The van der Waals surface area contributed by atoms with Crippen molar-refractivity contribution >= 4 is 22.8 Å². The zero-order valence-electron chi connectivity index (χ0n) is 18.6. The van der Waals surface area contributed by atoms with E-state index in [0.29, 0.717) is 36.9 Å². The monoisotopic (exact) mass is 419 g/mol. The van der Waals surface area contributed by atoms with E-state index in [1.54, 1.807) is 13.0 Å². The number of ether oxygens (including phenoxy) is 3. The first-order valence-electron chi connectivity index (χ1n) is 10.5. The maximum Gasteiger partial charge on any atom is 0.341 e. The van der Waals surface area contributed by atoms with Crippen LogP contribution in [-0.2, 0) is 27.2 Å². The fourth-order valence-corrected chi connectivity index (χ4v) is 3.59. The third-order valence-corrected chi connectivity index (χ3v) is 4.82. The molecule has 1 heterocycles. The van der Waals surface area contributed by atoms with Gasteiger partial charge in [0.05, 0.1) is 12.2 Å². The van der Waals surface area contributed by atoms with Crippen LogP contribution in [0.25, 0.3) is 10.9 Å². The standard InChI is InChI=1S/C23H33NO6/c1-6-28-10-8-9-17-11-19-18(12-20(17)30-14-21(25)26)22(23(27)29-7-2)16(5)24(19)13-15(3)4/h11-12,15H,6-10,13-14H2,1-5H3,(H,25,26). The summed E-state index contributed by atoms with van der Waals surface area (Å²) in [5, 5.41) is 9.78. The molecule has 1 aromatic heterocycles. The third-order valence-electron chi connectivity index (χ3n) is 4.82. The number of hydrogen-bond donors (Lipinski definition) is 1. The van der Waals surface area contributed by atoms with Gasteiger partial charge in [0.1, 0.15) is 5.75 Å². The Morgan fingerprint density at radius 2 is 1.90 bits per heavy atom. The van der Waals surface area contributed by atoms with E-state index in [-0.39, 0.29) is 12.6 Å². The molecule has 0 amide bonds. The van der Waals surface area contributed by atoms with E-state index < -0.39 is 12.6 Å². The average Bonchev–Trinajstić information content (AvgIpc) is 2.94. The predicted octanol–water partition coefficient (Wildman–Crippen LogP) is 4.21. The normalized spacial score (nSPS) is 11.3. The molecule has 0 bridgehead atoms. The summed E-state index contributed by atoms with van der Waals surface area (Å²) in [4.78, 5) is 23.8. The largest absolute Gasteiger partial charge is 0.482 e. The van der Waals surface area contributed by atoms with Crippen LogP contribution in [0, 0.1) is 12.8 Å². The first-order chi connectivity index (χ1) is 14.3. The Balaban J connectivity index is 2.61. The second-order valence-electron chi connectivity index (χ2n) is 7.65. The molecule has 0 aliphatic carbocycles. The lowest BCUT2D eigenvalue weighted by molar-refractivity contribution is -0.139. The minimum atomic E-state index is -1.05. The lowest BCUT2D eigenvalue weighted by atomic mass is 10.0. The van der Waals surface area contributed by atoms with Crippen molar-refractivity contribution in [3.05, 3.63) is 29.0 Å². The molecule has 0 aliphatic heterocycles. The Morgan fingerprint density at radius 3 is 2.50 bits per heavy atom. The van der Waals surface area contributed by atoms with Crippen LogP contribution in [0.1, 0.15) is 55.7 Å². The van der Waals surface area contributed by atoms with Crippen LogP contribution in [0.4, 0.5) is 0 Å². The molecule has 7 heteroatoms. The van der Waals surface area contributed by atoms with E-state index >= 15 is 0 Å². The third kappa shape index (κ3) is 5.75. The van der Waals surface area contributed by atoms with Gasteiger partial charge in [0, 0.05) is 36.4 Å². The van der Waals surface area contributed by atoms with Crippen molar-refractivity contribution in [2.45, 2.75) is 54.0 Å². The number of carboxylic acids is 1. The van der Waals surface area contributed by atoms with E-state index in [0.717, 1.165) is 35.1 Å². The lowest BCUT2D eigenvalue weighted by Gasteiger charge is -2.14. The van der Waals surface area contributed by atoms with Crippen molar-refractivity contribution in [1.29, 1.82) is 0 Å². The molecule has 0 atom stereocenters. The number of carbonyl (C=O) groups excluding carboxylic acids is 1. The Morgan fingerprint density at radius 1 is 1.17 bits per heavy atom. The van der Waals surface area contributed by atoms with Crippen LogP contribution >= 0.6 is 0 Å². The van der Waals surface area contributed by atoms with Crippen molar-refractivity contribution < 1.29 is 28.9 Å². The highest BCUT2D eigenvalue weighted by molar-refractivity contribution is 6.06. The molecule has 30 heavy (non-hydrogen) atoms. The van der Waals surface area contributed by atoms with Crippen molar-refractivity contribution in [3.63, 3.8) is 0 Å². The van der Waals surface area contributed by atoms with Crippen LogP contribution in [0.15, 0.2) is 12.1 Å². The van der Waals surface area contributed by atoms with Crippen molar-refractivity contribution in [2.75, 3.05) is 26.4 Å². The van der Waals surface area contributed by atoms with Gasteiger partial charge in [-0.2, -0.15) is 0 Å². The number of benzene rings is 1. The Kier molecular flexibility index (Phi) is 8.72. The summed E-state index contributed by atoms with van der Waals surface area (Å²) >= 11 is 0. The summed E-state index contributed by atoms with van der Waals surface area (Å²) < 4.78 is 18.5. The van der Waals surface area contributed by atoms with Crippen molar-refractivity contribution in [3.8, 4) is 5.75 Å². The maximum absolute atomic E-state index is 12.7. The van der Waals surface area contributed by atoms with Crippen LogP contribution in [-0.4, -0.2) is 48.0 Å². The molecule has 0 radical (unpaired) electrons. The van der Waals surface area contributed by atoms with Crippen molar-refractivity contribution in [2.24, 2.45) is 5.92 Å².